The van der Waals surface area contributed by atoms with Crippen LogP contribution in [0.4, 0.5) is 0 Å². The molecule has 17 heavy (non-hydrogen) atoms. The van der Waals surface area contributed by atoms with E-state index < -0.39 is 0 Å². The highest BCUT2D eigenvalue weighted by Gasteiger charge is 2.13. The largest absolute Gasteiger partial charge is 0.351 e. The van der Waals surface area contributed by atoms with Gasteiger partial charge in [0.15, 0.2) is 0 Å². The summed E-state index contributed by atoms with van der Waals surface area (Å²) in [5.74, 6) is 2.39. The second-order valence-electron chi connectivity index (χ2n) is 3.87. The average molecular weight is 335 g/mol. The van der Waals surface area contributed by atoms with Crippen LogP contribution in [0.2, 0.25) is 0 Å². The molecule has 1 aromatic rings. The maximum atomic E-state index is 11.8. The maximum Gasteiger partial charge on any atom is 0.261 e. The number of hydrogen-bond acceptors (Lipinski definition) is 4. The van der Waals surface area contributed by atoms with Crippen molar-refractivity contribution in [2.75, 3.05) is 24.6 Å². The summed E-state index contributed by atoms with van der Waals surface area (Å²) >= 11 is 6.81. The molecule has 1 atom stereocenters. The van der Waals surface area contributed by atoms with E-state index in [1.165, 1.54) is 17.1 Å². The van der Waals surface area contributed by atoms with Crippen LogP contribution in [0.1, 0.15) is 16.1 Å². The number of rotatable bonds is 4. The molecule has 94 valence electrons. The molecule has 1 aromatic heterocycles. The van der Waals surface area contributed by atoms with Gasteiger partial charge >= 0.3 is 0 Å². The molecule has 0 aromatic carbocycles. The van der Waals surface area contributed by atoms with Crippen LogP contribution in [-0.4, -0.2) is 36.5 Å². The van der Waals surface area contributed by atoms with Gasteiger partial charge in [0.25, 0.3) is 5.91 Å². The monoisotopic (exact) mass is 334 g/mol. The molecular formula is C11H15BrN2OS2. The third kappa shape index (κ3) is 4.28. The van der Waals surface area contributed by atoms with Crippen molar-refractivity contribution in [2.45, 2.75) is 12.5 Å². The smallest absolute Gasteiger partial charge is 0.261 e. The standard InChI is InChI=1S/C11H15BrN2OS2/c12-10-2-1-9(17-10)11(15)14-4-3-8-7-16-6-5-13-8/h1-2,8,13H,3-7H2,(H,14,15). The number of amides is 1. The molecule has 1 amide bonds. The Morgan fingerprint density at radius 2 is 2.47 bits per heavy atom. The van der Waals surface area contributed by atoms with E-state index in [0.29, 0.717) is 6.04 Å². The fourth-order valence-electron chi connectivity index (χ4n) is 1.69. The van der Waals surface area contributed by atoms with E-state index in [4.69, 9.17) is 0 Å². The molecule has 1 saturated heterocycles. The second-order valence-corrected chi connectivity index (χ2v) is 7.49. The molecule has 0 spiro atoms. The Morgan fingerprint density at radius 3 is 3.12 bits per heavy atom. The number of nitrogens with one attached hydrogen (secondary N) is 2. The highest BCUT2D eigenvalue weighted by atomic mass is 79.9. The number of carbonyl (C=O) groups excluding carboxylic acids is 1. The van der Waals surface area contributed by atoms with E-state index >= 15 is 0 Å². The van der Waals surface area contributed by atoms with Crippen molar-refractivity contribution >= 4 is 44.9 Å². The summed E-state index contributed by atoms with van der Waals surface area (Å²) in [5.41, 5.74) is 0. The van der Waals surface area contributed by atoms with E-state index in [2.05, 4.69) is 26.6 Å². The lowest BCUT2D eigenvalue weighted by atomic mass is 10.2. The van der Waals surface area contributed by atoms with Crippen LogP contribution < -0.4 is 10.6 Å². The molecular weight excluding hydrogens is 320 g/mol. The van der Waals surface area contributed by atoms with Crippen molar-refractivity contribution < 1.29 is 4.79 Å². The van der Waals surface area contributed by atoms with Crippen molar-refractivity contribution in [3.63, 3.8) is 0 Å². The van der Waals surface area contributed by atoms with E-state index in [1.54, 1.807) is 0 Å². The molecule has 0 radical (unpaired) electrons. The minimum Gasteiger partial charge on any atom is -0.351 e. The van der Waals surface area contributed by atoms with Gasteiger partial charge in [0.05, 0.1) is 8.66 Å². The molecule has 2 N–H and O–H groups in total. The number of thioether (sulfide) groups is 1. The van der Waals surface area contributed by atoms with Crippen LogP contribution in [-0.2, 0) is 0 Å². The van der Waals surface area contributed by atoms with Gasteiger partial charge in [0.2, 0.25) is 0 Å². The SMILES string of the molecule is O=C(NCCC1CSCCN1)c1ccc(Br)s1. The highest BCUT2D eigenvalue weighted by molar-refractivity contribution is 9.11. The van der Waals surface area contributed by atoms with Crippen molar-refractivity contribution in [3.8, 4) is 0 Å². The average Bonchev–Trinajstić information content (AvgIpc) is 2.77. The summed E-state index contributed by atoms with van der Waals surface area (Å²) in [6.45, 7) is 1.83. The molecule has 2 heterocycles. The first kappa shape index (κ1) is 13.4. The lowest BCUT2D eigenvalue weighted by molar-refractivity contribution is 0.0956. The van der Waals surface area contributed by atoms with Crippen LogP contribution in [0.5, 0.6) is 0 Å². The molecule has 1 fully saturated rings. The van der Waals surface area contributed by atoms with Gasteiger partial charge in [-0.15, -0.1) is 11.3 Å². The Kier molecular flexibility index (Phi) is 5.34. The minimum atomic E-state index is 0.0316. The summed E-state index contributed by atoms with van der Waals surface area (Å²) in [5, 5.41) is 6.42. The predicted octanol–water partition coefficient (Wildman–Crippen LogP) is 2.34. The first-order valence-corrected chi connectivity index (χ1v) is 8.37. The zero-order chi connectivity index (χ0) is 12.1. The summed E-state index contributed by atoms with van der Waals surface area (Å²) in [7, 11) is 0. The Bertz CT molecular complexity index is 377. The summed E-state index contributed by atoms with van der Waals surface area (Å²) < 4.78 is 0.994. The van der Waals surface area contributed by atoms with Gasteiger partial charge in [-0.05, 0) is 34.5 Å². The fraction of sp³-hybridized carbons (Fsp3) is 0.545. The number of halogens is 1. The minimum absolute atomic E-state index is 0.0316. The molecule has 1 aliphatic heterocycles. The Hall–Kier alpha value is -0.0400. The molecule has 2 rings (SSSR count). The van der Waals surface area contributed by atoms with E-state index in [-0.39, 0.29) is 5.91 Å². The third-order valence-corrected chi connectivity index (χ3v) is 5.33. The molecule has 3 nitrogen and oxygen atoms in total. The molecule has 1 aliphatic rings. The van der Waals surface area contributed by atoms with E-state index in [1.807, 2.05) is 23.9 Å². The van der Waals surface area contributed by atoms with Gasteiger partial charge in [-0.2, -0.15) is 11.8 Å². The van der Waals surface area contributed by atoms with Gasteiger partial charge in [-0.1, -0.05) is 0 Å². The Labute approximate surface area is 118 Å². The van der Waals surface area contributed by atoms with Crippen molar-refractivity contribution in [3.05, 3.63) is 20.8 Å². The van der Waals surface area contributed by atoms with E-state index in [0.717, 1.165) is 33.9 Å². The zero-order valence-electron chi connectivity index (χ0n) is 9.37. The van der Waals surface area contributed by atoms with Gasteiger partial charge in [-0.25, -0.2) is 0 Å². The molecule has 1 unspecified atom stereocenters. The Morgan fingerprint density at radius 1 is 1.59 bits per heavy atom. The first-order valence-electron chi connectivity index (χ1n) is 5.60. The Balaban J connectivity index is 1.69. The van der Waals surface area contributed by atoms with Crippen molar-refractivity contribution in [1.82, 2.24) is 10.6 Å². The third-order valence-electron chi connectivity index (χ3n) is 2.57. The van der Waals surface area contributed by atoms with Gasteiger partial charge in [0.1, 0.15) is 0 Å². The van der Waals surface area contributed by atoms with Crippen molar-refractivity contribution in [1.29, 1.82) is 0 Å². The molecule has 0 aliphatic carbocycles. The van der Waals surface area contributed by atoms with Crippen LogP contribution in [0, 0.1) is 0 Å². The maximum absolute atomic E-state index is 11.8. The van der Waals surface area contributed by atoms with Crippen LogP contribution in [0.25, 0.3) is 0 Å². The molecule has 0 bridgehead atoms. The lowest BCUT2D eigenvalue weighted by Crippen LogP contribution is -2.40. The van der Waals surface area contributed by atoms with Crippen molar-refractivity contribution in [2.24, 2.45) is 0 Å². The molecule has 0 saturated carbocycles. The summed E-state index contributed by atoms with van der Waals surface area (Å²) in [6, 6.07) is 4.29. The highest BCUT2D eigenvalue weighted by Crippen LogP contribution is 2.21. The first-order chi connectivity index (χ1) is 8.25. The van der Waals surface area contributed by atoms with Crippen LogP contribution >= 0.6 is 39.0 Å². The van der Waals surface area contributed by atoms with Gasteiger partial charge in [0, 0.05) is 30.6 Å². The molecule has 6 heteroatoms. The van der Waals surface area contributed by atoms with Crippen LogP contribution in [0.3, 0.4) is 0 Å². The number of hydrogen-bond donors (Lipinski definition) is 2. The zero-order valence-corrected chi connectivity index (χ0v) is 12.6. The number of thiophene rings is 1. The lowest BCUT2D eigenvalue weighted by Gasteiger charge is -2.22. The number of carbonyl (C=O) groups is 1. The fourth-order valence-corrected chi connectivity index (χ4v) is 3.99. The summed E-state index contributed by atoms with van der Waals surface area (Å²) in [4.78, 5) is 12.5. The normalized spacial score (nSPS) is 20.2. The topological polar surface area (TPSA) is 41.1 Å². The van der Waals surface area contributed by atoms with Crippen LogP contribution in [0.15, 0.2) is 15.9 Å². The summed E-state index contributed by atoms with van der Waals surface area (Å²) in [6.07, 6.45) is 1.01. The van der Waals surface area contributed by atoms with E-state index in [9.17, 15) is 4.79 Å². The predicted molar refractivity (Wildman–Crippen MR) is 78.1 cm³/mol. The second kappa shape index (κ2) is 6.78. The quantitative estimate of drug-likeness (QED) is 0.887. The van der Waals surface area contributed by atoms with Gasteiger partial charge < -0.3 is 10.6 Å². The van der Waals surface area contributed by atoms with Gasteiger partial charge in [-0.3, -0.25) is 4.79 Å².